The molecule has 0 saturated carbocycles. The van der Waals surface area contributed by atoms with E-state index in [1.807, 2.05) is 13.8 Å². The summed E-state index contributed by atoms with van der Waals surface area (Å²) < 4.78 is 69.9. The van der Waals surface area contributed by atoms with Crippen molar-refractivity contribution in [1.82, 2.24) is 5.32 Å². The van der Waals surface area contributed by atoms with Gasteiger partial charge in [0.2, 0.25) is 0 Å². The Bertz CT molecular complexity index is 1250. The van der Waals surface area contributed by atoms with Gasteiger partial charge in [-0.2, -0.15) is 21.6 Å². The van der Waals surface area contributed by atoms with Gasteiger partial charge >= 0.3 is 12.1 Å². The van der Waals surface area contributed by atoms with Crippen LogP contribution in [0.2, 0.25) is 0 Å². The minimum atomic E-state index is -4.75. The van der Waals surface area contributed by atoms with Crippen LogP contribution in [0.5, 0.6) is 0 Å². The van der Waals surface area contributed by atoms with Crippen LogP contribution in [-0.4, -0.2) is 58.9 Å². The van der Waals surface area contributed by atoms with Crippen LogP contribution in [0.15, 0.2) is 46.8 Å². The maximum absolute atomic E-state index is 13.3. The molecule has 0 fully saturated rings. The highest BCUT2D eigenvalue weighted by atomic mass is 32.2. The maximum Gasteiger partial charge on any atom is 0.413 e. The molecular weight excluding hydrogens is 525 g/mol. The van der Waals surface area contributed by atoms with Gasteiger partial charge in [0.15, 0.2) is 12.4 Å². The average Bonchev–Trinajstić information content (AvgIpc) is 2.79. The van der Waals surface area contributed by atoms with Gasteiger partial charge in [-0.15, -0.1) is 0 Å². The van der Waals surface area contributed by atoms with Gasteiger partial charge in [0, 0.05) is 48.6 Å². The number of carbonyl (C=O) groups is 2. The highest BCUT2D eigenvalue weighted by molar-refractivity contribution is 7.86. The number of hydrogen-bond acceptors (Lipinski definition) is 8. The van der Waals surface area contributed by atoms with Crippen molar-refractivity contribution in [2.24, 2.45) is 5.41 Å². The van der Waals surface area contributed by atoms with Gasteiger partial charge < -0.3 is 15.0 Å². The van der Waals surface area contributed by atoms with Gasteiger partial charge in [-0.1, -0.05) is 26.0 Å². The summed E-state index contributed by atoms with van der Waals surface area (Å²) in [5.41, 5.74) is 3.34. The first-order valence-electron chi connectivity index (χ1n) is 12.2. The first-order valence-corrected chi connectivity index (χ1v) is 13.8. The van der Waals surface area contributed by atoms with Crippen molar-refractivity contribution in [3.8, 4) is 0 Å². The number of carbonyl (C=O) groups excluding carboxylic acids is 2. The molecule has 1 aromatic rings. The number of rotatable bonds is 9. The third kappa shape index (κ3) is 7.16. The van der Waals surface area contributed by atoms with Crippen LogP contribution in [0.4, 0.5) is 18.9 Å². The summed E-state index contributed by atoms with van der Waals surface area (Å²) in [7, 11) is -2.77. The van der Waals surface area contributed by atoms with Gasteiger partial charge in [-0.25, -0.2) is 4.79 Å². The smallest absolute Gasteiger partial charge is 0.413 e. The van der Waals surface area contributed by atoms with E-state index in [0.717, 1.165) is 5.70 Å². The third-order valence-electron chi connectivity index (χ3n) is 6.48. The molecule has 1 unspecified atom stereocenters. The van der Waals surface area contributed by atoms with E-state index < -0.39 is 40.5 Å². The van der Waals surface area contributed by atoms with E-state index in [1.54, 1.807) is 50.1 Å². The molecule has 0 spiro atoms. The number of esters is 1. The number of ketones is 1. The largest absolute Gasteiger partial charge is 0.463 e. The molecule has 12 heteroatoms. The summed E-state index contributed by atoms with van der Waals surface area (Å²) in [5.74, 6) is -1.83. The molecule has 210 valence electrons. The molecule has 3 rings (SSSR count). The number of Topliss-reactive ketones (excluding diaryl/α,β-unsaturated/α-hetero) is 1. The molecule has 1 aliphatic carbocycles. The molecule has 2 aliphatic rings. The van der Waals surface area contributed by atoms with Crippen molar-refractivity contribution >= 4 is 27.6 Å². The molecule has 0 radical (unpaired) electrons. The molecule has 8 nitrogen and oxygen atoms in total. The number of nitrogens with one attached hydrogen (secondary N) is 1. The summed E-state index contributed by atoms with van der Waals surface area (Å²) >= 11 is 0. The molecule has 0 saturated heterocycles. The standard InChI is InChI=1S/C26H33F3N2O6S/c1-6-36-24(33)21-16(2)30-19-13-25(3,4)14-20(32)23(19)22(21)17-7-9-18(10-8-17)31(5)11-12-38(34,35)37-15-26(27,28)29/h7-10,22,30H,6,11-15H2,1-5H3. The number of alkyl halides is 3. The number of hydrogen-bond donors (Lipinski definition) is 1. The zero-order chi connectivity index (χ0) is 28.5. The molecule has 0 bridgehead atoms. The highest BCUT2D eigenvalue weighted by Gasteiger charge is 2.43. The minimum absolute atomic E-state index is 0.0479. The summed E-state index contributed by atoms with van der Waals surface area (Å²) in [6.45, 7) is 5.72. The van der Waals surface area contributed by atoms with E-state index in [1.165, 1.54) is 0 Å². The van der Waals surface area contributed by atoms with Crippen molar-refractivity contribution in [2.75, 3.05) is 37.5 Å². The van der Waals surface area contributed by atoms with Crippen LogP contribution < -0.4 is 10.2 Å². The second-order valence-corrected chi connectivity index (χ2v) is 12.1. The number of benzene rings is 1. The molecule has 1 heterocycles. The monoisotopic (exact) mass is 558 g/mol. The van der Waals surface area contributed by atoms with Crippen molar-refractivity contribution in [1.29, 1.82) is 0 Å². The van der Waals surface area contributed by atoms with Crippen molar-refractivity contribution in [2.45, 2.75) is 52.6 Å². The van der Waals surface area contributed by atoms with E-state index in [4.69, 9.17) is 4.74 Å². The molecule has 0 amide bonds. The van der Waals surface area contributed by atoms with Crippen LogP contribution in [0.3, 0.4) is 0 Å². The highest BCUT2D eigenvalue weighted by Crippen LogP contribution is 2.47. The lowest BCUT2D eigenvalue weighted by Crippen LogP contribution is -2.38. The zero-order valence-corrected chi connectivity index (χ0v) is 22.9. The second kappa shape index (κ2) is 11.1. The normalized spacial score (nSPS) is 19.7. The Kier molecular flexibility index (Phi) is 8.67. The molecule has 38 heavy (non-hydrogen) atoms. The van der Waals surface area contributed by atoms with Gasteiger partial charge in [0.25, 0.3) is 10.1 Å². The number of nitrogens with zero attached hydrogens (tertiary/aromatic N) is 1. The van der Waals surface area contributed by atoms with Crippen LogP contribution >= 0.6 is 0 Å². The Morgan fingerprint density at radius 1 is 1.18 bits per heavy atom. The Morgan fingerprint density at radius 2 is 1.82 bits per heavy atom. The first kappa shape index (κ1) is 29.7. The van der Waals surface area contributed by atoms with E-state index in [-0.39, 0.29) is 24.3 Å². The van der Waals surface area contributed by atoms with Crippen LogP contribution in [0.25, 0.3) is 0 Å². The van der Waals surface area contributed by atoms with Gasteiger partial charge in [0.05, 0.1) is 17.9 Å². The lowest BCUT2D eigenvalue weighted by Gasteiger charge is -2.39. The van der Waals surface area contributed by atoms with Crippen LogP contribution in [0.1, 0.15) is 52.0 Å². The summed E-state index contributed by atoms with van der Waals surface area (Å²) in [4.78, 5) is 27.8. The van der Waals surface area contributed by atoms with E-state index >= 15 is 0 Å². The minimum Gasteiger partial charge on any atom is -0.463 e. The fourth-order valence-corrected chi connectivity index (χ4v) is 5.69. The van der Waals surface area contributed by atoms with Gasteiger partial charge in [-0.05, 0) is 43.4 Å². The quantitative estimate of drug-likeness (QED) is 0.356. The van der Waals surface area contributed by atoms with Crippen molar-refractivity contribution < 1.29 is 40.1 Å². The Balaban J connectivity index is 1.87. The molecular formula is C26H33F3N2O6S. The Hall–Kier alpha value is -2.86. The molecule has 1 atom stereocenters. The molecule has 1 aliphatic heterocycles. The summed E-state index contributed by atoms with van der Waals surface area (Å²) in [5, 5.41) is 3.26. The fourth-order valence-electron chi connectivity index (χ4n) is 4.76. The van der Waals surface area contributed by atoms with E-state index in [9.17, 15) is 31.2 Å². The summed E-state index contributed by atoms with van der Waals surface area (Å²) in [6, 6.07) is 6.91. The third-order valence-corrected chi connectivity index (χ3v) is 7.64. The molecule has 0 aromatic heterocycles. The lowest BCUT2D eigenvalue weighted by atomic mass is 9.68. The second-order valence-electron chi connectivity index (χ2n) is 10.3. The van der Waals surface area contributed by atoms with Gasteiger partial charge in [-0.3, -0.25) is 8.98 Å². The van der Waals surface area contributed by atoms with Crippen LogP contribution in [-0.2, 0) is 28.6 Å². The fraction of sp³-hybridized carbons (Fsp3) is 0.538. The van der Waals surface area contributed by atoms with Crippen molar-refractivity contribution in [3.63, 3.8) is 0 Å². The molecule has 1 aromatic carbocycles. The van der Waals surface area contributed by atoms with Crippen LogP contribution in [0, 0.1) is 5.41 Å². The van der Waals surface area contributed by atoms with E-state index in [2.05, 4.69) is 9.50 Å². The number of halogens is 3. The van der Waals surface area contributed by atoms with Crippen molar-refractivity contribution in [3.05, 3.63) is 52.4 Å². The average molecular weight is 559 g/mol. The number of anilines is 1. The molecule has 1 N–H and O–H groups in total. The Labute approximate surface area is 221 Å². The summed E-state index contributed by atoms with van der Waals surface area (Å²) in [6.07, 6.45) is -3.77. The SMILES string of the molecule is CCOC(=O)C1=C(C)NC2=C(C(=O)CC(C)(C)C2)C1c1ccc(N(C)CCS(=O)(=O)OCC(F)(F)F)cc1. The predicted molar refractivity (Wildman–Crippen MR) is 136 cm³/mol. The Morgan fingerprint density at radius 3 is 2.39 bits per heavy atom. The first-order chi connectivity index (χ1) is 17.5. The van der Waals surface area contributed by atoms with Gasteiger partial charge in [0.1, 0.15) is 0 Å². The van der Waals surface area contributed by atoms with E-state index in [0.29, 0.717) is 40.9 Å². The number of ether oxygens (including phenoxy) is 1. The number of dihydropyridines is 1. The zero-order valence-electron chi connectivity index (χ0n) is 22.1. The number of allylic oxidation sites excluding steroid dienone is 3. The lowest BCUT2D eigenvalue weighted by molar-refractivity contribution is -0.152. The maximum atomic E-state index is 13.3. The predicted octanol–water partition coefficient (Wildman–Crippen LogP) is 4.20. The topological polar surface area (TPSA) is 102 Å².